The minimum absolute atomic E-state index is 0. The number of hydrogen-bond donors (Lipinski definition) is 1. The molecule has 0 radical (unpaired) electrons. The first-order valence-corrected chi connectivity index (χ1v) is 4.61. The van der Waals surface area contributed by atoms with Gasteiger partial charge in [0, 0.05) is 18.9 Å². The van der Waals surface area contributed by atoms with Crippen molar-refractivity contribution in [3.63, 3.8) is 0 Å². The van der Waals surface area contributed by atoms with Crippen LogP contribution >= 0.6 is 24.8 Å². The van der Waals surface area contributed by atoms with E-state index in [0.717, 1.165) is 5.69 Å². The second kappa shape index (κ2) is 6.53. The van der Waals surface area contributed by atoms with E-state index in [0.29, 0.717) is 6.54 Å². The van der Waals surface area contributed by atoms with Gasteiger partial charge in [0.1, 0.15) is 0 Å². The lowest BCUT2D eigenvalue weighted by molar-refractivity contribution is 0.876. The summed E-state index contributed by atoms with van der Waals surface area (Å²) in [5, 5.41) is 4.17. The molecule has 88 valence electrons. The summed E-state index contributed by atoms with van der Waals surface area (Å²) in [5.74, 6) is 0. The summed E-state index contributed by atoms with van der Waals surface area (Å²) in [6.07, 6.45) is 3.70. The summed E-state index contributed by atoms with van der Waals surface area (Å²) in [4.78, 5) is 0. The largest absolute Gasteiger partial charge is 0.326 e. The fraction of sp³-hybridized carbons (Fsp3) is 0.182. The number of hydrogen-bond acceptors (Lipinski definition) is 2. The Bertz CT molecular complexity index is 427. The second-order valence-corrected chi connectivity index (χ2v) is 3.27. The average Bonchev–Trinajstić information content (AvgIpc) is 2.70. The van der Waals surface area contributed by atoms with Crippen LogP contribution in [0.3, 0.4) is 0 Å². The van der Waals surface area contributed by atoms with E-state index in [1.807, 2.05) is 29.1 Å². The summed E-state index contributed by atoms with van der Waals surface area (Å²) in [6, 6.07) is 8.08. The molecule has 0 aliphatic carbocycles. The summed E-state index contributed by atoms with van der Waals surface area (Å²) in [7, 11) is 0. The van der Waals surface area contributed by atoms with E-state index in [9.17, 15) is 0 Å². The van der Waals surface area contributed by atoms with E-state index >= 15 is 0 Å². The van der Waals surface area contributed by atoms with Crippen molar-refractivity contribution in [2.24, 2.45) is 5.73 Å². The Kier molecular flexibility index (Phi) is 6.11. The highest BCUT2D eigenvalue weighted by atomic mass is 35.5. The van der Waals surface area contributed by atoms with Crippen molar-refractivity contribution < 1.29 is 0 Å². The van der Waals surface area contributed by atoms with Crippen molar-refractivity contribution in [2.75, 3.05) is 0 Å². The van der Waals surface area contributed by atoms with Gasteiger partial charge in [0.05, 0.1) is 5.69 Å². The molecule has 2 N–H and O–H groups in total. The molecule has 0 aliphatic rings. The molecule has 0 unspecified atom stereocenters. The van der Waals surface area contributed by atoms with Crippen LogP contribution in [0.5, 0.6) is 0 Å². The quantitative estimate of drug-likeness (QED) is 0.901. The van der Waals surface area contributed by atoms with Crippen LogP contribution in [0, 0.1) is 6.92 Å². The highest BCUT2D eigenvalue weighted by molar-refractivity contribution is 5.85. The molecule has 3 nitrogen and oxygen atoms in total. The number of aromatic nitrogens is 2. The summed E-state index contributed by atoms with van der Waals surface area (Å²) in [5.41, 5.74) is 9.06. The van der Waals surface area contributed by atoms with Crippen LogP contribution in [-0.4, -0.2) is 9.78 Å². The molecule has 1 aromatic carbocycles. The number of aryl methyl sites for hydroxylation is 1. The zero-order chi connectivity index (χ0) is 9.97. The average molecular weight is 260 g/mol. The fourth-order valence-corrected chi connectivity index (χ4v) is 1.47. The number of nitrogens with zero attached hydrogens (tertiary/aromatic N) is 2. The minimum Gasteiger partial charge on any atom is -0.326 e. The standard InChI is InChI=1S/C11H13N3.2ClH/c1-9-7-11(4-3-10(9)8-12)14-6-2-5-13-14;;/h2-7H,8,12H2,1H3;2*1H. The van der Waals surface area contributed by atoms with Crippen molar-refractivity contribution in [3.05, 3.63) is 47.8 Å². The van der Waals surface area contributed by atoms with Crippen molar-refractivity contribution >= 4 is 24.8 Å². The van der Waals surface area contributed by atoms with Gasteiger partial charge in [0.2, 0.25) is 0 Å². The third kappa shape index (κ3) is 2.98. The Morgan fingerprint density at radius 1 is 1.31 bits per heavy atom. The van der Waals surface area contributed by atoms with Gasteiger partial charge in [-0.15, -0.1) is 24.8 Å². The third-order valence-electron chi connectivity index (χ3n) is 2.32. The number of benzene rings is 1. The lowest BCUT2D eigenvalue weighted by Gasteiger charge is -2.06. The van der Waals surface area contributed by atoms with Gasteiger partial charge < -0.3 is 5.73 Å². The number of halogens is 2. The molecule has 0 saturated heterocycles. The summed E-state index contributed by atoms with van der Waals surface area (Å²) >= 11 is 0. The van der Waals surface area contributed by atoms with E-state index in [1.165, 1.54) is 11.1 Å². The lowest BCUT2D eigenvalue weighted by Crippen LogP contribution is -2.01. The molecule has 0 fully saturated rings. The highest BCUT2D eigenvalue weighted by Crippen LogP contribution is 2.13. The van der Waals surface area contributed by atoms with Crippen molar-refractivity contribution in [2.45, 2.75) is 13.5 Å². The third-order valence-corrected chi connectivity index (χ3v) is 2.32. The maximum atomic E-state index is 5.60. The molecule has 1 heterocycles. The van der Waals surface area contributed by atoms with Crippen LogP contribution in [0.1, 0.15) is 11.1 Å². The Labute approximate surface area is 107 Å². The fourth-order valence-electron chi connectivity index (χ4n) is 1.47. The monoisotopic (exact) mass is 259 g/mol. The smallest absolute Gasteiger partial charge is 0.0648 e. The molecular weight excluding hydrogens is 245 g/mol. The zero-order valence-electron chi connectivity index (χ0n) is 8.96. The van der Waals surface area contributed by atoms with E-state index in [4.69, 9.17) is 5.73 Å². The normalized spacial score (nSPS) is 9.12. The van der Waals surface area contributed by atoms with Gasteiger partial charge in [-0.3, -0.25) is 0 Å². The predicted octanol–water partition coefficient (Wildman–Crippen LogP) is 2.48. The van der Waals surface area contributed by atoms with Crippen molar-refractivity contribution in [1.29, 1.82) is 0 Å². The zero-order valence-corrected chi connectivity index (χ0v) is 10.6. The SMILES string of the molecule is Cc1cc(-n2cccn2)ccc1CN.Cl.Cl. The van der Waals surface area contributed by atoms with E-state index in [-0.39, 0.29) is 24.8 Å². The van der Waals surface area contributed by atoms with E-state index < -0.39 is 0 Å². The van der Waals surface area contributed by atoms with Gasteiger partial charge in [0.25, 0.3) is 0 Å². The molecule has 5 heteroatoms. The maximum Gasteiger partial charge on any atom is 0.0648 e. The summed E-state index contributed by atoms with van der Waals surface area (Å²) in [6.45, 7) is 2.65. The van der Waals surface area contributed by atoms with Crippen LogP contribution < -0.4 is 5.73 Å². The Morgan fingerprint density at radius 2 is 2.06 bits per heavy atom. The van der Waals surface area contributed by atoms with Gasteiger partial charge in [-0.05, 0) is 36.2 Å². The molecule has 2 rings (SSSR count). The van der Waals surface area contributed by atoms with Crippen LogP contribution in [-0.2, 0) is 6.54 Å². The van der Waals surface area contributed by atoms with Crippen molar-refractivity contribution in [3.8, 4) is 5.69 Å². The molecule has 0 saturated carbocycles. The summed E-state index contributed by atoms with van der Waals surface area (Å²) < 4.78 is 1.84. The van der Waals surface area contributed by atoms with Gasteiger partial charge in [0.15, 0.2) is 0 Å². The Balaban J connectivity index is 0.00000112. The predicted molar refractivity (Wildman–Crippen MR) is 70.7 cm³/mol. The first-order chi connectivity index (χ1) is 6.81. The Morgan fingerprint density at radius 3 is 2.56 bits per heavy atom. The Hall–Kier alpha value is -1.03. The molecule has 0 aliphatic heterocycles. The first kappa shape index (κ1) is 15.0. The molecule has 0 spiro atoms. The maximum absolute atomic E-state index is 5.60. The van der Waals surface area contributed by atoms with Crippen LogP contribution in [0.4, 0.5) is 0 Å². The first-order valence-electron chi connectivity index (χ1n) is 4.61. The molecule has 0 amide bonds. The molecule has 16 heavy (non-hydrogen) atoms. The van der Waals surface area contributed by atoms with Crippen LogP contribution in [0.15, 0.2) is 36.7 Å². The van der Waals surface area contributed by atoms with Gasteiger partial charge in [-0.2, -0.15) is 5.10 Å². The molecule has 0 atom stereocenters. The minimum atomic E-state index is 0. The number of rotatable bonds is 2. The van der Waals surface area contributed by atoms with Crippen molar-refractivity contribution in [1.82, 2.24) is 9.78 Å². The van der Waals surface area contributed by atoms with Gasteiger partial charge >= 0.3 is 0 Å². The highest BCUT2D eigenvalue weighted by Gasteiger charge is 1.99. The van der Waals surface area contributed by atoms with Gasteiger partial charge in [-0.1, -0.05) is 6.07 Å². The van der Waals surface area contributed by atoms with E-state index in [2.05, 4.69) is 18.1 Å². The van der Waals surface area contributed by atoms with Gasteiger partial charge in [-0.25, -0.2) is 4.68 Å². The lowest BCUT2D eigenvalue weighted by atomic mass is 10.1. The second-order valence-electron chi connectivity index (χ2n) is 3.27. The molecular formula is C11H15Cl2N3. The van der Waals surface area contributed by atoms with E-state index in [1.54, 1.807) is 6.20 Å². The van der Waals surface area contributed by atoms with Crippen LogP contribution in [0.2, 0.25) is 0 Å². The number of nitrogens with two attached hydrogens (primary N) is 1. The molecule has 2 aromatic rings. The molecule has 0 bridgehead atoms. The molecule has 1 aromatic heterocycles. The topological polar surface area (TPSA) is 43.8 Å². The van der Waals surface area contributed by atoms with Crippen LogP contribution in [0.25, 0.3) is 5.69 Å².